The molecule has 3 N–H and O–H groups in total. The summed E-state index contributed by atoms with van der Waals surface area (Å²) >= 11 is 0. The molecule has 0 bridgehead atoms. The Morgan fingerprint density at radius 2 is 2.00 bits per heavy atom. The molecule has 3 rings (SSSR count). The molecule has 1 unspecified atom stereocenters. The van der Waals surface area contributed by atoms with Crippen molar-refractivity contribution >= 4 is 21.7 Å². The molecule has 0 spiro atoms. The van der Waals surface area contributed by atoms with E-state index in [2.05, 4.69) is 10.0 Å². The zero-order valence-electron chi connectivity index (χ0n) is 16.8. The van der Waals surface area contributed by atoms with Gasteiger partial charge in [-0.2, -0.15) is 0 Å². The molecule has 1 heterocycles. The van der Waals surface area contributed by atoms with Gasteiger partial charge in [-0.25, -0.2) is 17.9 Å². The molecular formula is C21H26N2O6S. The Bertz CT molecular complexity index is 969. The minimum absolute atomic E-state index is 0.0846. The minimum atomic E-state index is -3.82. The first kappa shape index (κ1) is 22.1. The number of sulfonamides is 1. The Labute approximate surface area is 176 Å². The third-order valence-electron chi connectivity index (χ3n) is 4.94. The number of hydrogen-bond donors (Lipinski definition) is 3. The van der Waals surface area contributed by atoms with Gasteiger partial charge in [-0.1, -0.05) is 12.1 Å². The lowest BCUT2D eigenvalue weighted by atomic mass is 10.1. The Kier molecular flexibility index (Phi) is 7.30. The molecule has 9 heteroatoms. The molecule has 0 saturated carbocycles. The Morgan fingerprint density at radius 1 is 1.23 bits per heavy atom. The maximum atomic E-state index is 12.5. The molecule has 1 aliphatic rings. The van der Waals surface area contributed by atoms with Crippen molar-refractivity contribution in [2.24, 2.45) is 0 Å². The standard InChI is InChI=1S/C21H26N2O6S/c1-28-16-6-4-15(5-7-16)10-11-22-20-9-8-18(13-19(20)21(24)25)30(26,27)23-14-17-3-2-12-29-17/h4-9,13,17,22-23H,2-3,10-12,14H2,1H3,(H,24,25). The highest BCUT2D eigenvalue weighted by molar-refractivity contribution is 7.89. The predicted octanol–water partition coefficient (Wildman–Crippen LogP) is 2.51. The second kappa shape index (κ2) is 9.92. The Balaban J connectivity index is 1.65. The number of aromatic carboxylic acids is 1. The first-order chi connectivity index (χ1) is 14.4. The van der Waals surface area contributed by atoms with Crippen LogP contribution < -0.4 is 14.8 Å². The van der Waals surface area contributed by atoms with E-state index in [4.69, 9.17) is 9.47 Å². The maximum absolute atomic E-state index is 12.5. The summed E-state index contributed by atoms with van der Waals surface area (Å²) in [6.07, 6.45) is 2.25. The molecule has 162 valence electrons. The van der Waals surface area contributed by atoms with Gasteiger partial charge in [0.2, 0.25) is 10.0 Å². The van der Waals surface area contributed by atoms with E-state index in [9.17, 15) is 18.3 Å². The molecule has 0 radical (unpaired) electrons. The lowest BCUT2D eigenvalue weighted by Gasteiger charge is -2.14. The summed E-state index contributed by atoms with van der Waals surface area (Å²) in [5.74, 6) is -0.428. The lowest BCUT2D eigenvalue weighted by Crippen LogP contribution is -2.32. The summed E-state index contributed by atoms with van der Waals surface area (Å²) < 4.78 is 38.1. The largest absolute Gasteiger partial charge is 0.497 e. The third-order valence-corrected chi connectivity index (χ3v) is 6.37. The van der Waals surface area contributed by atoms with Crippen LogP contribution in [-0.4, -0.2) is 52.4 Å². The molecule has 30 heavy (non-hydrogen) atoms. The van der Waals surface area contributed by atoms with Crippen LogP contribution in [0, 0.1) is 0 Å². The second-order valence-corrected chi connectivity index (χ2v) is 8.79. The van der Waals surface area contributed by atoms with Crippen LogP contribution in [-0.2, 0) is 21.2 Å². The van der Waals surface area contributed by atoms with Gasteiger partial charge in [-0.05, 0) is 55.2 Å². The number of carboxylic acids is 1. The highest BCUT2D eigenvalue weighted by Gasteiger charge is 2.22. The van der Waals surface area contributed by atoms with Gasteiger partial charge in [0.1, 0.15) is 5.75 Å². The Morgan fingerprint density at radius 3 is 2.63 bits per heavy atom. The molecule has 8 nitrogen and oxygen atoms in total. The zero-order chi connectivity index (χ0) is 21.6. The van der Waals surface area contributed by atoms with Gasteiger partial charge in [-0.3, -0.25) is 0 Å². The fraction of sp³-hybridized carbons (Fsp3) is 0.381. The number of rotatable bonds is 10. The van der Waals surface area contributed by atoms with E-state index in [1.807, 2.05) is 24.3 Å². The summed E-state index contributed by atoms with van der Waals surface area (Å²) in [6, 6.07) is 11.7. The lowest BCUT2D eigenvalue weighted by molar-refractivity contribution is 0.0697. The molecule has 0 amide bonds. The van der Waals surface area contributed by atoms with E-state index in [0.717, 1.165) is 24.2 Å². The van der Waals surface area contributed by atoms with E-state index in [1.54, 1.807) is 7.11 Å². The van der Waals surface area contributed by atoms with Crippen molar-refractivity contribution in [3.63, 3.8) is 0 Å². The van der Waals surface area contributed by atoms with Crippen LogP contribution in [0.2, 0.25) is 0 Å². The average Bonchev–Trinajstić information content (AvgIpc) is 3.26. The molecule has 2 aromatic rings. The number of nitrogens with one attached hydrogen (secondary N) is 2. The van der Waals surface area contributed by atoms with Gasteiger partial charge in [0.05, 0.1) is 23.7 Å². The van der Waals surface area contributed by atoms with Crippen LogP contribution in [0.15, 0.2) is 47.4 Å². The number of benzene rings is 2. The van der Waals surface area contributed by atoms with E-state index < -0.39 is 16.0 Å². The summed E-state index contributed by atoms with van der Waals surface area (Å²) in [5.41, 5.74) is 1.34. The molecule has 2 aromatic carbocycles. The first-order valence-electron chi connectivity index (χ1n) is 9.74. The van der Waals surface area contributed by atoms with Crippen LogP contribution in [0.4, 0.5) is 5.69 Å². The van der Waals surface area contributed by atoms with E-state index in [0.29, 0.717) is 25.3 Å². The highest BCUT2D eigenvalue weighted by atomic mass is 32.2. The average molecular weight is 435 g/mol. The normalized spacial score (nSPS) is 16.4. The van der Waals surface area contributed by atoms with Crippen molar-refractivity contribution in [1.82, 2.24) is 4.72 Å². The minimum Gasteiger partial charge on any atom is -0.497 e. The number of hydrogen-bond acceptors (Lipinski definition) is 6. The van der Waals surface area contributed by atoms with Crippen LogP contribution in [0.5, 0.6) is 5.75 Å². The van der Waals surface area contributed by atoms with Crippen LogP contribution in [0.3, 0.4) is 0 Å². The summed E-state index contributed by atoms with van der Waals surface area (Å²) in [7, 11) is -2.22. The quantitative estimate of drug-likeness (QED) is 0.526. The molecule has 1 atom stereocenters. The van der Waals surface area contributed by atoms with Crippen molar-refractivity contribution in [2.75, 3.05) is 32.1 Å². The molecule has 1 saturated heterocycles. The SMILES string of the molecule is COc1ccc(CCNc2ccc(S(=O)(=O)NCC3CCCO3)cc2C(=O)O)cc1. The number of ether oxygens (including phenoxy) is 2. The number of anilines is 1. The fourth-order valence-electron chi connectivity index (χ4n) is 3.25. The number of carboxylic acid groups (broad SMARTS) is 1. The Hall–Kier alpha value is -2.62. The monoisotopic (exact) mass is 434 g/mol. The fourth-order valence-corrected chi connectivity index (χ4v) is 4.34. The first-order valence-corrected chi connectivity index (χ1v) is 11.2. The number of methoxy groups -OCH3 is 1. The van der Waals surface area contributed by atoms with Crippen molar-refractivity contribution in [3.8, 4) is 5.75 Å². The van der Waals surface area contributed by atoms with E-state index in [1.165, 1.54) is 18.2 Å². The summed E-state index contributed by atoms with van der Waals surface area (Å²) in [5, 5.41) is 12.6. The molecular weight excluding hydrogens is 408 g/mol. The van der Waals surface area contributed by atoms with E-state index in [-0.39, 0.29) is 23.1 Å². The molecule has 1 aliphatic heterocycles. The maximum Gasteiger partial charge on any atom is 0.337 e. The van der Waals surface area contributed by atoms with Crippen LogP contribution >= 0.6 is 0 Å². The van der Waals surface area contributed by atoms with Crippen molar-refractivity contribution in [2.45, 2.75) is 30.3 Å². The van der Waals surface area contributed by atoms with Gasteiger partial charge < -0.3 is 19.9 Å². The molecule has 1 fully saturated rings. The topological polar surface area (TPSA) is 114 Å². The zero-order valence-corrected chi connectivity index (χ0v) is 17.6. The van der Waals surface area contributed by atoms with Crippen LogP contribution in [0.25, 0.3) is 0 Å². The third kappa shape index (κ3) is 5.71. The summed E-state index contributed by atoms with van der Waals surface area (Å²) in [4.78, 5) is 11.6. The van der Waals surface area contributed by atoms with Gasteiger partial charge in [-0.15, -0.1) is 0 Å². The highest BCUT2D eigenvalue weighted by Crippen LogP contribution is 2.22. The number of carbonyl (C=O) groups is 1. The van der Waals surface area contributed by atoms with Gasteiger partial charge in [0, 0.05) is 25.4 Å². The second-order valence-electron chi connectivity index (χ2n) is 7.02. The molecule has 0 aromatic heterocycles. The molecule has 0 aliphatic carbocycles. The van der Waals surface area contributed by atoms with E-state index >= 15 is 0 Å². The van der Waals surface area contributed by atoms with Gasteiger partial charge in [0.25, 0.3) is 0 Å². The smallest absolute Gasteiger partial charge is 0.337 e. The van der Waals surface area contributed by atoms with Crippen LogP contribution in [0.1, 0.15) is 28.8 Å². The van der Waals surface area contributed by atoms with Crippen molar-refractivity contribution < 1.29 is 27.8 Å². The van der Waals surface area contributed by atoms with Gasteiger partial charge >= 0.3 is 5.97 Å². The van der Waals surface area contributed by atoms with Crippen molar-refractivity contribution in [3.05, 3.63) is 53.6 Å². The van der Waals surface area contributed by atoms with Gasteiger partial charge in [0.15, 0.2) is 0 Å². The predicted molar refractivity (Wildman–Crippen MR) is 113 cm³/mol. The summed E-state index contributed by atoms with van der Waals surface area (Å²) in [6.45, 7) is 1.30. The van der Waals surface area contributed by atoms with Crippen molar-refractivity contribution in [1.29, 1.82) is 0 Å².